The largest absolute Gasteiger partial charge is 0.395 e. The summed E-state index contributed by atoms with van der Waals surface area (Å²) < 4.78 is 0. The summed E-state index contributed by atoms with van der Waals surface area (Å²) in [6.45, 7) is 6.27. The van der Waals surface area contributed by atoms with Crippen molar-refractivity contribution in [3.63, 3.8) is 0 Å². The molecule has 1 aliphatic heterocycles. The van der Waals surface area contributed by atoms with Gasteiger partial charge in [0.25, 0.3) is 0 Å². The molecule has 0 atom stereocenters. The number of aliphatic hydroxyl groups excluding tert-OH is 1. The third-order valence-corrected chi connectivity index (χ3v) is 4.67. The molecule has 0 bridgehead atoms. The Morgan fingerprint density at radius 1 is 0.783 bits per heavy atom. The van der Waals surface area contributed by atoms with Gasteiger partial charge in [-0.25, -0.2) is 0 Å². The second-order valence-electron chi connectivity index (χ2n) is 6.05. The van der Waals surface area contributed by atoms with Crippen LogP contribution in [0.15, 0.2) is 48.5 Å². The van der Waals surface area contributed by atoms with Gasteiger partial charge in [-0.2, -0.15) is 0 Å². The van der Waals surface area contributed by atoms with Crippen molar-refractivity contribution in [2.45, 2.75) is 6.54 Å². The van der Waals surface area contributed by atoms with E-state index in [4.69, 9.17) is 16.7 Å². The molecule has 0 spiro atoms. The number of aliphatic hydroxyl groups is 1. The molecule has 1 N–H and O–H groups in total. The quantitative estimate of drug-likeness (QED) is 0.912. The highest BCUT2D eigenvalue weighted by Gasteiger charge is 2.16. The summed E-state index contributed by atoms with van der Waals surface area (Å²) in [6.07, 6.45) is 0. The third kappa shape index (κ3) is 4.55. The normalized spacial score (nSPS) is 16.6. The number of β-amino-alcohol motifs (C(OH)–C–C–N with tert-alkyl or cyclic N) is 1. The number of benzene rings is 2. The number of rotatable bonds is 5. The van der Waals surface area contributed by atoms with Crippen molar-refractivity contribution in [3.05, 3.63) is 59.1 Å². The van der Waals surface area contributed by atoms with Crippen molar-refractivity contribution in [2.75, 3.05) is 39.3 Å². The fourth-order valence-corrected chi connectivity index (χ4v) is 3.14. The van der Waals surface area contributed by atoms with E-state index < -0.39 is 0 Å². The van der Waals surface area contributed by atoms with Crippen molar-refractivity contribution in [1.29, 1.82) is 0 Å². The molecule has 3 nitrogen and oxygen atoms in total. The summed E-state index contributed by atoms with van der Waals surface area (Å²) in [4.78, 5) is 4.80. The molecule has 4 heteroatoms. The van der Waals surface area contributed by atoms with Crippen molar-refractivity contribution in [2.24, 2.45) is 0 Å². The van der Waals surface area contributed by atoms with Crippen LogP contribution in [0.1, 0.15) is 5.56 Å². The van der Waals surface area contributed by atoms with E-state index in [1.54, 1.807) is 0 Å². The first-order valence-corrected chi connectivity index (χ1v) is 8.53. The highest BCUT2D eigenvalue weighted by atomic mass is 35.5. The van der Waals surface area contributed by atoms with Gasteiger partial charge in [0, 0.05) is 44.3 Å². The molecule has 1 fully saturated rings. The minimum atomic E-state index is 0.256. The SMILES string of the molecule is OCCN1CCN(Cc2ccc(-c3ccc(Cl)cc3)cc2)CC1. The molecule has 0 amide bonds. The zero-order valence-electron chi connectivity index (χ0n) is 13.3. The van der Waals surface area contributed by atoms with E-state index in [2.05, 4.69) is 46.2 Å². The lowest BCUT2D eigenvalue weighted by atomic mass is 10.0. The van der Waals surface area contributed by atoms with E-state index >= 15 is 0 Å². The van der Waals surface area contributed by atoms with Crippen LogP contribution in [-0.2, 0) is 6.54 Å². The lowest BCUT2D eigenvalue weighted by molar-refractivity contribution is 0.108. The number of halogens is 1. The van der Waals surface area contributed by atoms with Gasteiger partial charge in [-0.3, -0.25) is 9.80 Å². The second-order valence-corrected chi connectivity index (χ2v) is 6.48. The molecule has 2 aromatic carbocycles. The molecule has 122 valence electrons. The molecule has 23 heavy (non-hydrogen) atoms. The molecule has 0 saturated carbocycles. The molecular formula is C19H23ClN2O. The Bertz CT molecular complexity index is 604. The van der Waals surface area contributed by atoms with E-state index in [1.807, 2.05) is 12.1 Å². The molecule has 1 heterocycles. The van der Waals surface area contributed by atoms with Crippen LogP contribution >= 0.6 is 11.6 Å². The predicted octanol–water partition coefficient (Wildman–Crippen LogP) is 3.12. The maximum atomic E-state index is 8.99. The average Bonchev–Trinajstić information content (AvgIpc) is 2.58. The number of hydrogen-bond donors (Lipinski definition) is 1. The predicted molar refractivity (Wildman–Crippen MR) is 95.7 cm³/mol. The van der Waals surface area contributed by atoms with Crippen LogP contribution in [0.5, 0.6) is 0 Å². The van der Waals surface area contributed by atoms with Gasteiger partial charge in [0.05, 0.1) is 6.61 Å². The first kappa shape index (κ1) is 16.5. The summed E-state index contributed by atoms with van der Waals surface area (Å²) in [6, 6.07) is 16.7. The smallest absolute Gasteiger partial charge is 0.0558 e. The second kappa shape index (κ2) is 7.93. The Kier molecular flexibility index (Phi) is 5.68. The first-order chi connectivity index (χ1) is 11.2. The van der Waals surface area contributed by atoms with Crippen molar-refractivity contribution < 1.29 is 5.11 Å². The molecule has 2 aromatic rings. The van der Waals surface area contributed by atoms with E-state index in [1.165, 1.54) is 16.7 Å². The Labute approximate surface area is 143 Å². The van der Waals surface area contributed by atoms with Crippen LogP contribution < -0.4 is 0 Å². The van der Waals surface area contributed by atoms with Gasteiger partial charge in [0.15, 0.2) is 0 Å². The molecule has 0 unspecified atom stereocenters. The monoisotopic (exact) mass is 330 g/mol. The zero-order chi connectivity index (χ0) is 16.1. The first-order valence-electron chi connectivity index (χ1n) is 8.15. The van der Waals surface area contributed by atoms with Crippen molar-refractivity contribution >= 4 is 11.6 Å². The molecule has 1 aliphatic rings. The summed E-state index contributed by atoms with van der Waals surface area (Å²) in [5.74, 6) is 0. The standard InChI is InChI=1S/C19H23ClN2O/c20-19-7-5-18(6-8-19)17-3-1-16(2-4-17)15-22-11-9-21(10-12-22)13-14-23/h1-8,23H,9-15H2. The summed E-state index contributed by atoms with van der Waals surface area (Å²) in [7, 11) is 0. The number of nitrogens with zero attached hydrogens (tertiary/aromatic N) is 2. The van der Waals surface area contributed by atoms with E-state index in [0.717, 1.165) is 44.3 Å². The fraction of sp³-hybridized carbons (Fsp3) is 0.368. The van der Waals surface area contributed by atoms with Crippen LogP contribution in [0.2, 0.25) is 5.02 Å². The molecule has 0 radical (unpaired) electrons. The number of hydrogen-bond acceptors (Lipinski definition) is 3. The topological polar surface area (TPSA) is 26.7 Å². The van der Waals surface area contributed by atoms with Crippen molar-refractivity contribution in [1.82, 2.24) is 9.80 Å². The van der Waals surface area contributed by atoms with Gasteiger partial charge < -0.3 is 5.11 Å². The maximum absolute atomic E-state index is 8.99. The van der Waals surface area contributed by atoms with E-state index in [0.29, 0.717) is 0 Å². The van der Waals surface area contributed by atoms with Crippen LogP contribution in [0.3, 0.4) is 0 Å². The van der Waals surface area contributed by atoms with Crippen LogP contribution in [0.4, 0.5) is 0 Å². The van der Waals surface area contributed by atoms with E-state index in [9.17, 15) is 0 Å². The molecule has 0 aliphatic carbocycles. The number of piperazine rings is 1. The Hall–Kier alpha value is -1.39. The summed E-state index contributed by atoms with van der Waals surface area (Å²) >= 11 is 5.94. The average molecular weight is 331 g/mol. The Morgan fingerprint density at radius 2 is 1.30 bits per heavy atom. The third-order valence-electron chi connectivity index (χ3n) is 4.42. The Balaban J connectivity index is 1.57. The Morgan fingerprint density at radius 3 is 1.87 bits per heavy atom. The van der Waals surface area contributed by atoms with Gasteiger partial charge >= 0.3 is 0 Å². The van der Waals surface area contributed by atoms with Crippen LogP contribution in [0.25, 0.3) is 11.1 Å². The molecular weight excluding hydrogens is 308 g/mol. The minimum Gasteiger partial charge on any atom is -0.395 e. The van der Waals surface area contributed by atoms with Crippen molar-refractivity contribution in [3.8, 4) is 11.1 Å². The fourth-order valence-electron chi connectivity index (χ4n) is 3.02. The maximum Gasteiger partial charge on any atom is 0.0558 e. The van der Waals surface area contributed by atoms with Gasteiger partial charge in [0.1, 0.15) is 0 Å². The van der Waals surface area contributed by atoms with Gasteiger partial charge in [-0.1, -0.05) is 48.0 Å². The van der Waals surface area contributed by atoms with E-state index in [-0.39, 0.29) is 6.61 Å². The lowest BCUT2D eigenvalue weighted by Crippen LogP contribution is -2.46. The van der Waals surface area contributed by atoms with Gasteiger partial charge in [0.2, 0.25) is 0 Å². The van der Waals surface area contributed by atoms with Gasteiger partial charge in [-0.15, -0.1) is 0 Å². The highest BCUT2D eigenvalue weighted by Crippen LogP contribution is 2.22. The zero-order valence-corrected chi connectivity index (χ0v) is 14.0. The molecule has 3 rings (SSSR count). The molecule has 1 saturated heterocycles. The van der Waals surface area contributed by atoms with Crippen LogP contribution in [0, 0.1) is 0 Å². The lowest BCUT2D eigenvalue weighted by Gasteiger charge is -2.34. The van der Waals surface area contributed by atoms with Gasteiger partial charge in [-0.05, 0) is 28.8 Å². The summed E-state index contributed by atoms with van der Waals surface area (Å²) in [5, 5.41) is 9.76. The highest BCUT2D eigenvalue weighted by molar-refractivity contribution is 6.30. The van der Waals surface area contributed by atoms with Crippen LogP contribution in [-0.4, -0.2) is 54.2 Å². The molecule has 0 aromatic heterocycles. The summed E-state index contributed by atoms with van der Waals surface area (Å²) in [5.41, 5.74) is 3.76. The minimum absolute atomic E-state index is 0.256.